The minimum atomic E-state index is -0.696. The molecule has 0 aliphatic carbocycles. The lowest BCUT2D eigenvalue weighted by atomic mass is 10.1. The second kappa shape index (κ2) is 15.7. The van der Waals surface area contributed by atoms with Crippen molar-refractivity contribution in [2.24, 2.45) is 5.73 Å². The van der Waals surface area contributed by atoms with Gasteiger partial charge in [0.2, 0.25) is 5.91 Å². The van der Waals surface area contributed by atoms with Gasteiger partial charge in [0.15, 0.2) is 0 Å². The van der Waals surface area contributed by atoms with Gasteiger partial charge < -0.3 is 30.8 Å². The number of carbonyl (C=O) groups is 2. The number of carbonyl (C=O) groups excluding carboxylic acids is 2. The molecule has 3 amide bonds. The van der Waals surface area contributed by atoms with Crippen molar-refractivity contribution in [1.82, 2.24) is 35.1 Å². The number of amides is 3. The van der Waals surface area contributed by atoms with Gasteiger partial charge in [0.25, 0.3) is 0 Å². The summed E-state index contributed by atoms with van der Waals surface area (Å²) < 4.78 is 0. The predicted molar refractivity (Wildman–Crippen MR) is 208 cm³/mol. The van der Waals surface area contributed by atoms with E-state index in [0.29, 0.717) is 19.6 Å². The molecule has 54 heavy (non-hydrogen) atoms. The molecule has 270 valence electrons. The Morgan fingerprint density at radius 1 is 0.704 bits per heavy atom. The van der Waals surface area contributed by atoms with E-state index >= 15 is 0 Å². The highest BCUT2D eigenvalue weighted by molar-refractivity contribution is 5.83. The molecule has 0 radical (unpaired) electrons. The number of benzene rings is 4. The van der Waals surface area contributed by atoms with Crippen molar-refractivity contribution in [2.45, 2.75) is 50.4 Å². The van der Waals surface area contributed by atoms with Crippen LogP contribution in [0.25, 0.3) is 22.5 Å². The molecule has 5 N–H and O–H groups in total. The second-order valence-corrected chi connectivity index (χ2v) is 13.8. The number of hydrogen-bond acceptors (Lipinski definition) is 5. The van der Waals surface area contributed by atoms with Crippen LogP contribution in [0.5, 0.6) is 0 Å². The number of urea groups is 1. The summed E-state index contributed by atoms with van der Waals surface area (Å²) in [5.41, 5.74) is 13.8. The summed E-state index contributed by atoms with van der Waals surface area (Å²) in [5.74, 6) is 8.04. The zero-order valence-corrected chi connectivity index (χ0v) is 29.9. The molecule has 6 aromatic rings. The molecule has 10 heteroatoms. The topological polar surface area (TPSA) is 136 Å². The van der Waals surface area contributed by atoms with E-state index in [1.54, 1.807) is 0 Å². The normalized spacial score (nSPS) is 17.2. The third-order valence-corrected chi connectivity index (χ3v) is 10.3. The molecule has 10 nitrogen and oxygen atoms in total. The largest absolute Gasteiger partial charge is 0.340 e. The Kier molecular flexibility index (Phi) is 10.0. The van der Waals surface area contributed by atoms with E-state index in [0.717, 1.165) is 82.1 Å². The average molecular weight is 715 g/mol. The maximum Gasteiger partial charge on any atom is 0.318 e. The number of aromatic nitrogens is 4. The summed E-state index contributed by atoms with van der Waals surface area (Å²) in [6, 6.07) is 34.6. The maximum absolute atomic E-state index is 13.3. The molecule has 2 aliphatic heterocycles. The molecular weight excluding hydrogens is 673 g/mol. The van der Waals surface area contributed by atoms with Crippen LogP contribution in [-0.4, -0.2) is 54.8 Å². The highest BCUT2D eigenvalue weighted by atomic mass is 16.2. The first-order chi connectivity index (χ1) is 26.5. The number of aromatic amines is 2. The Hall–Kier alpha value is -6.44. The highest BCUT2D eigenvalue weighted by Crippen LogP contribution is 2.34. The lowest BCUT2D eigenvalue weighted by Gasteiger charge is -2.26. The number of nitrogens with two attached hydrogens (primary N) is 1. The van der Waals surface area contributed by atoms with Crippen molar-refractivity contribution in [3.05, 3.63) is 155 Å². The first-order valence-electron chi connectivity index (χ1n) is 18.5. The third-order valence-electron chi connectivity index (χ3n) is 10.3. The zero-order chi connectivity index (χ0) is 36.9. The van der Waals surface area contributed by atoms with Crippen LogP contribution < -0.4 is 11.1 Å². The van der Waals surface area contributed by atoms with Gasteiger partial charge in [-0.2, -0.15) is 0 Å². The van der Waals surface area contributed by atoms with Crippen LogP contribution in [0, 0.1) is 11.8 Å². The van der Waals surface area contributed by atoms with Crippen LogP contribution >= 0.6 is 0 Å². The molecule has 0 spiro atoms. The van der Waals surface area contributed by atoms with Crippen LogP contribution in [-0.2, 0) is 11.3 Å². The molecule has 2 aliphatic rings. The van der Waals surface area contributed by atoms with Crippen molar-refractivity contribution in [3.8, 4) is 34.4 Å². The fourth-order valence-corrected chi connectivity index (χ4v) is 7.38. The molecule has 2 saturated heterocycles. The van der Waals surface area contributed by atoms with Crippen molar-refractivity contribution < 1.29 is 9.59 Å². The van der Waals surface area contributed by atoms with Crippen molar-refractivity contribution in [3.63, 3.8) is 0 Å². The lowest BCUT2D eigenvalue weighted by Crippen LogP contribution is -2.39. The summed E-state index contributed by atoms with van der Waals surface area (Å²) in [4.78, 5) is 46.4. The molecule has 4 heterocycles. The minimum Gasteiger partial charge on any atom is -0.340 e. The third kappa shape index (κ3) is 7.54. The minimum absolute atomic E-state index is 0.0712. The number of nitrogens with one attached hydrogen (secondary N) is 3. The number of hydrogen-bond donors (Lipinski definition) is 4. The first-order valence-corrected chi connectivity index (χ1v) is 18.5. The van der Waals surface area contributed by atoms with E-state index < -0.39 is 6.04 Å². The van der Waals surface area contributed by atoms with E-state index in [4.69, 9.17) is 5.73 Å². The Labute approximate surface area is 314 Å². The number of H-pyrrole nitrogens is 2. The Morgan fingerprint density at radius 2 is 1.20 bits per heavy atom. The summed E-state index contributed by atoms with van der Waals surface area (Å²) in [5, 5.41) is 3.06. The Bertz CT molecular complexity index is 2270. The van der Waals surface area contributed by atoms with Gasteiger partial charge in [-0.25, -0.2) is 14.8 Å². The zero-order valence-electron chi connectivity index (χ0n) is 29.9. The molecular formula is C44H42N8O2. The predicted octanol–water partition coefficient (Wildman–Crippen LogP) is 7.28. The van der Waals surface area contributed by atoms with E-state index in [1.165, 1.54) is 0 Å². The van der Waals surface area contributed by atoms with Gasteiger partial charge in [0, 0.05) is 30.8 Å². The Morgan fingerprint density at radius 3 is 1.76 bits per heavy atom. The van der Waals surface area contributed by atoms with Crippen LogP contribution in [0.15, 0.2) is 122 Å². The van der Waals surface area contributed by atoms with Crippen LogP contribution in [0.3, 0.4) is 0 Å². The molecule has 0 saturated carbocycles. The Balaban J connectivity index is 0.875. The monoisotopic (exact) mass is 714 g/mol. The summed E-state index contributed by atoms with van der Waals surface area (Å²) in [6.45, 7) is 1.86. The number of imidazole rings is 2. The van der Waals surface area contributed by atoms with Gasteiger partial charge in [0.1, 0.15) is 17.7 Å². The van der Waals surface area contributed by atoms with Crippen LogP contribution in [0.4, 0.5) is 4.79 Å². The SMILES string of the molecule is N[C@@H](C(=O)N1CCC[C@H]1c1ncc(-c2ccc(C#Cc3ccc(-c4cnc([C@@H]5CCCN5C(=O)NCc5ccccc5)[nH]4)cc3)cc2)[nH]1)c1ccccc1. The van der Waals surface area contributed by atoms with E-state index in [-0.39, 0.29) is 24.0 Å². The molecule has 2 fully saturated rings. The van der Waals surface area contributed by atoms with E-state index in [2.05, 4.69) is 37.1 Å². The maximum atomic E-state index is 13.3. The average Bonchev–Trinajstić information content (AvgIpc) is 4.07. The van der Waals surface area contributed by atoms with Gasteiger partial charge in [-0.3, -0.25) is 4.79 Å². The van der Waals surface area contributed by atoms with Crippen molar-refractivity contribution in [2.75, 3.05) is 13.1 Å². The standard InChI is InChI=1S/C44H42N8O2/c45-40(35-11-5-2-6-12-35)43(53)51-25-7-13-38(51)41-46-28-36(49-41)33-21-17-30(18-22-33)15-16-31-19-23-34(24-20-31)37-29-47-42(50-37)39-14-8-26-52(39)44(54)48-27-32-9-3-1-4-10-32/h1-6,9-12,17-24,28-29,38-40H,7-8,13-14,25-27,45H2,(H,46,49)(H,47,50)(H,48,54)/t38-,39-,40+/m0/s1. The van der Waals surface area contributed by atoms with Crippen molar-refractivity contribution >= 4 is 11.9 Å². The first kappa shape index (κ1) is 34.6. The number of rotatable bonds is 8. The molecule has 4 aromatic carbocycles. The summed E-state index contributed by atoms with van der Waals surface area (Å²) in [6.07, 6.45) is 7.22. The quantitative estimate of drug-likeness (QED) is 0.123. The van der Waals surface area contributed by atoms with Crippen LogP contribution in [0.1, 0.15) is 77.7 Å². The summed E-state index contributed by atoms with van der Waals surface area (Å²) in [7, 11) is 0. The van der Waals surface area contributed by atoms with Crippen LogP contribution in [0.2, 0.25) is 0 Å². The smallest absolute Gasteiger partial charge is 0.318 e. The van der Waals surface area contributed by atoms with E-state index in [9.17, 15) is 9.59 Å². The van der Waals surface area contributed by atoms with Crippen molar-refractivity contribution in [1.29, 1.82) is 0 Å². The lowest BCUT2D eigenvalue weighted by molar-refractivity contribution is -0.133. The molecule has 2 aromatic heterocycles. The van der Waals surface area contributed by atoms with Gasteiger partial charge in [-0.05, 0) is 72.2 Å². The van der Waals surface area contributed by atoms with Gasteiger partial charge in [0.05, 0.1) is 35.9 Å². The highest BCUT2D eigenvalue weighted by Gasteiger charge is 2.35. The fourth-order valence-electron chi connectivity index (χ4n) is 7.38. The number of nitrogens with zero attached hydrogens (tertiary/aromatic N) is 4. The molecule has 8 rings (SSSR count). The van der Waals surface area contributed by atoms with Gasteiger partial charge >= 0.3 is 6.03 Å². The second-order valence-electron chi connectivity index (χ2n) is 13.8. The van der Waals surface area contributed by atoms with Gasteiger partial charge in [-0.15, -0.1) is 0 Å². The number of likely N-dealkylation sites (tertiary alicyclic amines) is 2. The molecule has 0 bridgehead atoms. The summed E-state index contributed by atoms with van der Waals surface area (Å²) >= 11 is 0. The molecule has 0 unspecified atom stereocenters. The fraction of sp³-hybridized carbons (Fsp3) is 0.227. The van der Waals surface area contributed by atoms with Gasteiger partial charge in [-0.1, -0.05) is 96.8 Å². The molecule has 3 atom stereocenters. The van der Waals surface area contributed by atoms with E-state index in [1.807, 2.05) is 131 Å².